The van der Waals surface area contributed by atoms with Gasteiger partial charge in [0.1, 0.15) is 12.3 Å². The number of rotatable bonds is 4. The summed E-state index contributed by atoms with van der Waals surface area (Å²) in [4.78, 5) is 1.12. The minimum atomic E-state index is -2.93. The fourth-order valence-corrected chi connectivity index (χ4v) is 1.57. The molecule has 0 aliphatic carbocycles. The Labute approximate surface area is 80.3 Å². The molecule has 0 aromatic rings. The highest BCUT2D eigenvalue weighted by Crippen LogP contribution is 2.21. The zero-order valence-corrected chi connectivity index (χ0v) is 7.94. The molecule has 1 N–H and O–H groups in total. The van der Waals surface area contributed by atoms with Gasteiger partial charge in [0.2, 0.25) is 0 Å². The highest BCUT2D eigenvalue weighted by atomic mass is 19.3. The number of hydrogen-bond acceptors (Lipinski definition) is 2. The number of nitrogens with one attached hydrogen (secondary N) is 1. The third-order valence-corrected chi connectivity index (χ3v) is 2.15. The first-order valence-electron chi connectivity index (χ1n) is 4.47. The lowest BCUT2D eigenvalue weighted by Gasteiger charge is -2.22. The normalized spacial score (nSPS) is 29.8. The van der Waals surface area contributed by atoms with Crippen molar-refractivity contribution >= 4 is 0 Å². The number of hydrogen-bond donors (Lipinski definition) is 1. The molecular weight excluding hydrogens is 200 g/mol. The highest BCUT2D eigenvalue weighted by molar-refractivity contribution is 4.87. The van der Waals surface area contributed by atoms with E-state index in [-0.39, 0.29) is 13.1 Å². The van der Waals surface area contributed by atoms with Crippen molar-refractivity contribution in [1.82, 2.24) is 10.2 Å². The minimum absolute atomic E-state index is 0.236. The van der Waals surface area contributed by atoms with E-state index in [4.69, 9.17) is 0 Å². The molecule has 84 valence electrons. The van der Waals surface area contributed by atoms with Gasteiger partial charge in [0.15, 0.2) is 0 Å². The molecule has 0 spiro atoms. The van der Waals surface area contributed by atoms with Gasteiger partial charge in [-0.2, -0.15) is 0 Å². The van der Waals surface area contributed by atoms with Gasteiger partial charge in [-0.3, -0.25) is 4.90 Å². The predicted octanol–water partition coefficient (Wildman–Crippen LogP) is 0.833. The van der Waals surface area contributed by atoms with Crippen LogP contribution in [0.5, 0.6) is 0 Å². The summed E-state index contributed by atoms with van der Waals surface area (Å²) < 4.78 is 51.3. The first-order valence-corrected chi connectivity index (χ1v) is 4.47. The van der Waals surface area contributed by atoms with Crippen LogP contribution in [-0.4, -0.2) is 56.4 Å². The van der Waals surface area contributed by atoms with Gasteiger partial charge in [-0.05, 0) is 7.05 Å². The lowest BCUT2D eigenvalue weighted by molar-refractivity contribution is -0.0254. The minimum Gasteiger partial charge on any atom is -0.314 e. The number of likely N-dealkylation sites (tertiary alicyclic amines) is 1. The van der Waals surface area contributed by atoms with Gasteiger partial charge in [0, 0.05) is 13.1 Å². The Morgan fingerprint density at radius 2 is 1.79 bits per heavy atom. The second-order valence-electron chi connectivity index (χ2n) is 3.61. The Balaban J connectivity index is 2.38. The van der Waals surface area contributed by atoms with Gasteiger partial charge in [-0.1, -0.05) is 0 Å². The molecule has 14 heavy (non-hydrogen) atoms. The summed E-state index contributed by atoms with van der Waals surface area (Å²) in [6, 6.07) is 0. The summed E-state index contributed by atoms with van der Waals surface area (Å²) in [5.74, 6) is -2.93. The molecule has 1 aliphatic rings. The van der Waals surface area contributed by atoms with Crippen molar-refractivity contribution < 1.29 is 17.6 Å². The summed E-state index contributed by atoms with van der Waals surface area (Å²) in [7, 11) is 1.41. The SMILES string of the molecule is CNCC(F)(F)CN1C[C@@H](F)[C@@H](F)C1. The Kier molecular flexibility index (Phi) is 3.71. The van der Waals surface area contributed by atoms with E-state index in [9.17, 15) is 17.6 Å². The van der Waals surface area contributed by atoms with E-state index >= 15 is 0 Å². The zero-order chi connectivity index (χ0) is 10.8. The van der Waals surface area contributed by atoms with Crippen LogP contribution in [0.4, 0.5) is 17.6 Å². The van der Waals surface area contributed by atoms with Crippen LogP contribution in [0.2, 0.25) is 0 Å². The lowest BCUT2D eigenvalue weighted by Crippen LogP contribution is -2.42. The van der Waals surface area contributed by atoms with Crippen molar-refractivity contribution in [2.24, 2.45) is 0 Å². The number of halogens is 4. The fourth-order valence-electron chi connectivity index (χ4n) is 1.57. The Hall–Kier alpha value is -0.360. The first-order chi connectivity index (χ1) is 6.44. The molecule has 0 aromatic heterocycles. The first kappa shape index (κ1) is 11.7. The second kappa shape index (κ2) is 4.44. The molecule has 0 radical (unpaired) electrons. The molecule has 2 atom stereocenters. The van der Waals surface area contributed by atoms with Crippen molar-refractivity contribution in [3.63, 3.8) is 0 Å². The standard InChI is InChI=1S/C8H14F4N2/c1-13-4-8(11,12)5-14-2-6(9)7(10)3-14/h6-7,13H,2-5H2,1H3/t6-,7+. The van der Waals surface area contributed by atoms with Crippen LogP contribution in [0, 0.1) is 0 Å². The smallest absolute Gasteiger partial charge is 0.272 e. The molecule has 1 saturated heterocycles. The maximum atomic E-state index is 13.0. The van der Waals surface area contributed by atoms with Crippen LogP contribution >= 0.6 is 0 Å². The van der Waals surface area contributed by atoms with Crippen LogP contribution in [0.15, 0.2) is 0 Å². The molecular formula is C8H14F4N2. The van der Waals surface area contributed by atoms with Crippen molar-refractivity contribution in [2.75, 3.05) is 33.2 Å². The van der Waals surface area contributed by atoms with E-state index in [2.05, 4.69) is 5.32 Å². The second-order valence-corrected chi connectivity index (χ2v) is 3.61. The molecule has 0 unspecified atom stereocenters. The van der Waals surface area contributed by atoms with Gasteiger partial charge in [0.25, 0.3) is 5.92 Å². The molecule has 0 saturated carbocycles. The van der Waals surface area contributed by atoms with Crippen molar-refractivity contribution in [3.05, 3.63) is 0 Å². The zero-order valence-electron chi connectivity index (χ0n) is 7.94. The maximum absolute atomic E-state index is 13.0. The van der Waals surface area contributed by atoms with Crippen LogP contribution in [-0.2, 0) is 0 Å². The van der Waals surface area contributed by atoms with Gasteiger partial charge in [-0.25, -0.2) is 17.6 Å². The maximum Gasteiger partial charge on any atom is 0.272 e. The Bertz CT molecular complexity index is 178. The van der Waals surface area contributed by atoms with Gasteiger partial charge >= 0.3 is 0 Å². The lowest BCUT2D eigenvalue weighted by atomic mass is 10.3. The summed E-state index contributed by atoms with van der Waals surface area (Å²) in [5, 5.41) is 2.34. The van der Waals surface area contributed by atoms with Crippen LogP contribution in [0.25, 0.3) is 0 Å². The molecule has 1 heterocycles. The summed E-state index contributed by atoms with van der Waals surface area (Å²) in [5.41, 5.74) is 0. The molecule has 0 amide bonds. The predicted molar refractivity (Wildman–Crippen MR) is 45.1 cm³/mol. The van der Waals surface area contributed by atoms with E-state index < -0.39 is 31.4 Å². The van der Waals surface area contributed by atoms with Crippen LogP contribution in [0.1, 0.15) is 0 Å². The van der Waals surface area contributed by atoms with Gasteiger partial charge in [0.05, 0.1) is 13.1 Å². The molecule has 0 aromatic carbocycles. The van der Waals surface area contributed by atoms with Gasteiger partial charge < -0.3 is 5.32 Å². The highest BCUT2D eigenvalue weighted by Gasteiger charge is 2.38. The molecule has 6 heteroatoms. The van der Waals surface area contributed by atoms with E-state index in [0.29, 0.717) is 0 Å². The topological polar surface area (TPSA) is 15.3 Å². The summed E-state index contributed by atoms with van der Waals surface area (Å²) >= 11 is 0. The average Bonchev–Trinajstić information content (AvgIpc) is 2.29. The molecule has 2 nitrogen and oxygen atoms in total. The Morgan fingerprint density at radius 3 is 2.21 bits per heavy atom. The van der Waals surface area contributed by atoms with Crippen molar-refractivity contribution in [1.29, 1.82) is 0 Å². The van der Waals surface area contributed by atoms with Crippen molar-refractivity contribution in [3.8, 4) is 0 Å². The largest absolute Gasteiger partial charge is 0.314 e. The van der Waals surface area contributed by atoms with Crippen molar-refractivity contribution in [2.45, 2.75) is 18.3 Å². The van der Waals surface area contributed by atoms with E-state index in [1.165, 1.54) is 7.05 Å². The van der Waals surface area contributed by atoms with E-state index in [0.717, 1.165) is 4.90 Å². The summed E-state index contributed by atoms with van der Waals surface area (Å²) in [6.07, 6.45) is -3.25. The average molecular weight is 214 g/mol. The Morgan fingerprint density at radius 1 is 1.29 bits per heavy atom. The molecule has 0 bridgehead atoms. The van der Waals surface area contributed by atoms with Crippen LogP contribution in [0.3, 0.4) is 0 Å². The monoisotopic (exact) mass is 214 g/mol. The number of alkyl halides is 4. The van der Waals surface area contributed by atoms with E-state index in [1.54, 1.807) is 0 Å². The third kappa shape index (κ3) is 3.09. The quantitative estimate of drug-likeness (QED) is 0.697. The molecule has 1 aliphatic heterocycles. The summed E-state index contributed by atoms with van der Waals surface area (Å²) in [6.45, 7) is -1.53. The number of nitrogens with zero attached hydrogens (tertiary/aromatic N) is 1. The van der Waals surface area contributed by atoms with Gasteiger partial charge in [-0.15, -0.1) is 0 Å². The van der Waals surface area contributed by atoms with E-state index in [1.807, 2.05) is 0 Å². The molecule has 1 fully saturated rings. The fraction of sp³-hybridized carbons (Fsp3) is 1.00. The molecule has 1 rings (SSSR count). The third-order valence-electron chi connectivity index (χ3n) is 2.15. The van der Waals surface area contributed by atoms with Crippen LogP contribution < -0.4 is 5.32 Å².